The van der Waals surface area contributed by atoms with E-state index >= 15 is 0 Å². The van der Waals surface area contributed by atoms with Crippen molar-refractivity contribution >= 4 is 120 Å². The molecule has 702 valence electrons. The van der Waals surface area contributed by atoms with Crippen molar-refractivity contribution in [2.24, 2.45) is 126 Å². The van der Waals surface area contributed by atoms with Crippen molar-refractivity contribution in [3.05, 3.63) is 114 Å². The summed E-state index contributed by atoms with van der Waals surface area (Å²) >= 11 is 7.32. The number of nitrogens with zero attached hydrogens (tertiary/aromatic N) is 4. The number of carbonyl (C=O) groups excluding carboxylic acids is 8. The van der Waals surface area contributed by atoms with Gasteiger partial charge in [0.25, 0.3) is 0 Å². The van der Waals surface area contributed by atoms with Gasteiger partial charge in [-0.2, -0.15) is 0 Å². The summed E-state index contributed by atoms with van der Waals surface area (Å²) in [6.45, 7) is 17.9. The molecule has 3 heterocycles. The normalized spacial score (nSPS) is 43.3. The number of thioether (sulfide) groups is 5. The first-order valence-electron chi connectivity index (χ1n) is 48.5. The number of aromatic amines is 1. The molecule has 0 spiro atoms. The molecule has 16 aliphatic carbocycles. The van der Waals surface area contributed by atoms with Gasteiger partial charge in [-0.3, -0.25) is 43.3 Å². The zero-order valence-corrected chi connectivity index (χ0v) is 81.2. The summed E-state index contributed by atoms with van der Waals surface area (Å²) in [6.07, 6.45) is 28.1. The number of aromatic nitrogens is 4. The van der Waals surface area contributed by atoms with E-state index < -0.39 is 68.5 Å². The van der Waals surface area contributed by atoms with Crippen LogP contribution < -0.4 is 0 Å². The number of aryl methyl sites for hydroxylation is 1. The van der Waals surface area contributed by atoms with Gasteiger partial charge in [0.15, 0.2) is 56.6 Å². The van der Waals surface area contributed by atoms with Crippen molar-refractivity contribution in [3.8, 4) is 0 Å². The summed E-state index contributed by atoms with van der Waals surface area (Å²) in [7, 11) is 1.89. The Morgan fingerprint density at radius 2 is 0.769 bits per heavy atom. The summed E-state index contributed by atoms with van der Waals surface area (Å²) in [5.74, 6) is 4.44. The minimum Gasteiger partial charge on any atom is -0.393 e. The quantitative estimate of drug-likeness (QED) is 0.0499. The maximum absolute atomic E-state index is 13.6. The van der Waals surface area contributed by atoms with Gasteiger partial charge in [0.2, 0.25) is 0 Å². The van der Waals surface area contributed by atoms with Crippen molar-refractivity contribution in [2.75, 3.05) is 35.3 Å². The third kappa shape index (κ3) is 15.4. The predicted molar refractivity (Wildman–Crippen MR) is 507 cm³/mol. The number of hydrogen-bond acceptors (Lipinski definition) is 24. The summed E-state index contributed by atoms with van der Waals surface area (Å²) in [4.78, 5) is 119. The highest BCUT2D eigenvalue weighted by atomic mass is 32.2. The molecule has 0 bridgehead atoms. The number of aliphatic hydroxyl groups is 8. The molecule has 130 heavy (non-hydrogen) atoms. The van der Waals surface area contributed by atoms with Crippen molar-refractivity contribution < 1.29 is 79.2 Å². The number of H-pyrrole nitrogens is 1. The van der Waals surface area contributed by atoms with Crippen LogP contribution in [0.2, 0.25) is 0 Å². The molecule has 21 nitrogen and oxygen atoms in total. The largest absolute Gasteiger partial charge is 0.393 e. The van der Waals surface area contributed by atoms with Crippen LogP contribution in [0.5, 0.6) is 0 Å². The Labute approximate surface area is 786 Å². The van der Waals surface area contributed by atoms with Gasteiger partial charge >= 0.3 is 0 Å². The van der Waals surface area contributed by atoms with E-state index in [1.807, 2.05) is 124 Å². The van der Waals surface area contributed by atoms with E-state index in [9.17, 15) is 79.2 Å². The molecular formula is C104H135N5O16S5. The fourth-order valence-corrected chi connectivity index (χ4v) is 36.6. The van der Waals surface area contributed by atoms with E-state index in [2.05, 4.69) is 47.6 Å². The lowest BCUT2D eigenvalue weighted by molar-refractivity contribution is -0.179. The second kappa shape index (κ2) is 35.2. The summed E-state index contributed by atoms with van der Waals surface area (Å²) in [6, 6.07) is 17.6. The molecule has 9 N–H and O–H groups in total. The molecule has 28 atom stereocenters. The third-order valence-corrected chi connectivity index (χ3v) is 44.0. The minimum atomic E-state index is -1.44. The lowest BCUT2D eigenvalue weighted by Crippen LogP contribution is -2.62. The highest BCUT2D eigenvalue weighted by Gasteiger charge is 2.74. The number of aliphatic hydroxyl groups excluding tert-OH is 4. The fraction of sp³-hybridized carbons (Fsp3) is 0.683. The van der Waals surface area contributed by atoms with Gasteiger partial charge in [-0.15, -0.1) is 11.8 Å². The molecular weight excluding hydrogens is 1740 g/mol. The topological polar surface area (TPSA) is 357 Å². The van der Waals surface area contributed by atoms with Crippen LogP contribution >= 0.6 is 58.8 Å². The number of carbonyl (C=O) groups is 8. The first kappa shape index (κ1) is 94.9. The maximum Gasteiger partial charge on any atom is 0.175 e. The van der Waals surface area contributed by atoms with Gasteiger partial charge in [0.05, 0.1) is 65.0 Å². The van der Waals surface area contributed by atoms with E-state index in [-0.39, 0.29) is 162 Å². The number of imidazole rings is 2. The third-order valence-electron chi connectivity index (χ3n) is 38.9. The molecule has 0 saturated heterocycles. The molecule has 4 aromatic rings. The Morgan fingerprint density at radius 3 is 1.11 bits per heavy atom. The van der Waals surface area contributed by atoms with Crippen LogP contribution in [0.4, 0.5) is 0 Å². The van der Waals surface area contributed by atoms with Crippen molar-refractivity contribution in [3.63, 3.8) is 0 Å². The smallest absolute Gasteiger partial charge is 0.175 e. The van der Waals surface area contributed by atoms with E-state index in [1.54, 1.807) is 18.0 Å². The van der Waals surface area contributed by atoms with Crippen molar-refractivity contribution in [1.82, 2.24) is 19.5 Å². The number of Topliss-reactive ketones (excluding diaryl/α,β-unsaturated/α-hetero) is 4. The summed E-state index contributed by atoms with van der Waals surface area (Å²) < 4.78 is 2.82. The zero-order valence-electron chi connectivity index (χ0n) is 77.1. The van der Waals surface area contributed by atoms with Crippen LogP contribution in [-0.4, -0.2) is 193 Å². The highest BCUT2D eigenvalue weighted by molar-refractivity contribution is 8.39. The van der Waals surface area contributed by atoms with Gasteiger partial charge in [-0.25, -0.2) is 9.97 Å². The molecule has 12 fully saturated rings. The van der Waals surface area contributed by atoms with E-state index in [4.69, 9.17) is 0 Å². The van der Waals surface area contributed by atoms with E-state index in [0.717, 1.165) is 140 Å². The number of hydrogen-bond donors (Lipinski definition) is 9. The van der Waals surface area contributed by atoms with Crippen molar-refractivity contribution in [2.45, 2.75) is 297 Å². The summed E-state index contributed by atoms with van der Waals surface area (Å²) in [5, 5.41) is 94.6. The Hall–Kier alpha value is -5.46. The standard InChI is InChI=1S/C28H34N2O4S.C27H34O4S.C25H34N2O4S.C24H33NO4S2/c1-26-11-9-17(31)13-16(26)7-8-18-19-10-12-28(34,27(19,2)14-22(32)24(18)26)23(33)15-35-25-29-20-5-3-4-6-21(20)30-25;1-25-12-10-18(28)14-17(25)8-9-20-21-11-13-27(31,26(21,2)15-22(29)24(20)25)23(30)16-32-19-6-4-3-5-7-19;1-23-8-6-16(28)12-15(23)4-5-17-18-7-9-25(31,24(18,2)13-19(29)21(17)23)20(30)14-32-22-26-10-11-27(22)3;1-22-7-5-15(26)11-14(22)3-4-16-17-6-8-24(29,23(17,2)12-18(27)20(16)22)19(28)13-31-21-25-9-10-30-21/h3-6,13,18-19,22,24,32,34H,7-12,14-15H2,1-2H3,(H,29,30);3-7,14,20-22,24,29,31H,8-13,15-16H2,1-2H3;10-12,17-19,21,29,31H,4-9,13-14H2,1-3H3;11,16-18,20,27,29H,3-10,12-13H2,1-2H3/t18?,19?,22-,24?,26?,27?,28-;20?,21?,22-,24?,25?,26?,27-;17?,18?,19-,21?,23?,24?,25-;16?,17?,18-,20?,22?,23?,24-/m0000/s1. The van der Waals surface area contributed by atoms with Crippen LogP contribution in [0.1, 0.15) is 235 Å². The Kier molecular flexibility index (Phi) is 25.7. The maximum atomic E-state index is 13.6. The fourth-order valence-electron chi connectivity index (χ4n) is 32.0. The first-order valence-corrected chi connectivity index (χ1v) is 53.4. The number of nitrogens with one attached hydrogen (secondary N) is 1. The molecule has 1 aliphatic heterocycles. The van der Waals surface area contributed by atoms with Crippen LogP contribution in [0.25, 0.3) is 11.0 Å². The number of para-hydroxylation sites is 2. The van der Waals surface area contributed by atoms with E-state index in [1.165, 1.54) is 69.3 Å². The second-order valence-corrected chi connectivity index (χ2v) is 49.7. The second-order valence-electron chi connectivity index (χ2n) is 44.4. The molecule has 17 aliphatic rings. The molecule has 0 radical (unpaired) electrons. The lowest BCUT2D eigenvalue weighted by atomic mass is 9.45. The number of allylic oxidation sites excluding steroid dienone is 4. The number of rotatable bonds is 15. The average molecular weight is 1870 g/mol. The number of fused-ring (bicyclic) bond motifs is 21. The molecule has 21 rings (SSSR count). The van der Waals surface area contributed by atoms with Crippen LogP contribution in [0.15, 0.2) is 134 Å². The minimum absolute atomic E-state index is 0.0797. The molecule has 26 heteroatoms. The van der Waals surface area contributed by atoms with Crippen LogP contribution in [0.3, 0.4) is 0 Å². The van der Waals surface area contributed by atoms with Crippen LogP contribution in [0, 0.1) is 114 Å². The van der Waals surface area contributed by atoms with Gasteiger partial charge < -0.3 is 50.4 Å². The zero-order chi connectivity index (χ0) is 92.2. The predicted octanol–water partition coefficient (Wildman–Crippen LogP) is 16.0. The Morgan fingerprint density at radius 1 is 0.431 bits per heavy atom. The van der Waals surface area contributed by atoms with Crippen molar-refractivity contribution in [1.29, 1.82) is 0 Å². The number of aliphatic imine (C=N–C) groups is 1. The van der Waals surface area contributed by atoms with Gasteiger partial charge in [-0.05, 0) is 295 Å². The number of ketones is 8. The monoisotopic (exact) mass is 1870 g/mol. The molecule has 2 aromatic heterocycles. The summed E-state index contributed by atoms with van der Waals surface area (Å²) in [5.41, 5.74) is -2.11. The number of benzene rings is 2. The molecule has 20 unspecified atom stereocenters. The van der Waals surface area contributed by atoms with Gasteiger partial charge in [0, 0.05) is 77.4 Å². The van der Waals surface area contributed by atoms with Gasteiger partial charge in [0.1, 0.15) is 26.8 Å². The molecule has 2 aromatic carbocycles. The van der Waals surface area contributed by atoms with E-state index in [0.29, 0.717) is 82.2 Å². The van der Waals surface area contributed by atoms with Gasteiger partial charge in [-0.1, -0.05) is 155 Å². The molecule has 12 saturated carbocycles. The molecule has 0 amide bonds. The average Bonchev–Trinajstić information content (AvgIpc) is 1.51. The lowest BCUT2D eigenvalue weighted by Gasteiger charge is -2.60. The Balaban J connectivity index is 0.000000117. The first-order chi connectivity index (χ1) is 61.6. The Bertz CT molecular complexity index is 5300. The van der Waals surface area contributed by atoms with Crippen LogP contribution in [-0.2, 0) is 45.4 Å². The highest BCUT2D eigenvalue weighted by Crippen LogP contribution is 2.74. The SMILES string of the molecule is CC12CCC(=O)C=C1CCC1C2[C@@H](O)CC2(C)C1CC[C@]2(O)C(=O)CSC1=NCCS1.CC12CCC(=O)C=C1CCC1C2[C@@H](O)CC2(C)C1CC[C@]2(O)C(=O)CSc1ccccc1.CC12CCC(=O)C=C1CCC1C2[C@@H](O)CC2(C)C1CC[C@]2(O)C(=O)CSc1nc2ccccc2[nH]1.Cn1ccnc1SCC(=O)[C@@]1(O)CCC2C3CCC4=CC(=O)CCC4(C)C3[C@@H](O)CC21C.